The topological polar surface area (TPSA) is 203 Å². The van der Waals surface area contributed by atoms with Crippen LogP contribution in [0.1, 0.15) is 6.42 Å². The summed E-state index contributed by atoms with van der Waals surface area (Å²) in [6.45, 7) is 4.01. The van der Waals surface area contributed by atoms with Crippen LogP contribution in [0.5, 0.6) is 0 Å². The molecule has 20 heteroatoms. The van der Waals surface area contributed by atoms with Crippen molar-refractivity contribution >= 4 is 82.6 Å². The van der Waals surface area contributed by atoms with E-state index in [1.54, 1.807) is 48.7 Å². The molecule has 3 fully saturated rings. The third-order valence-corrected chi connectivity index (χ3v) is 15.2. The van der Waals surface area contributed by atoms with Gasteiger partial charge in [-0.3, -0.25) is 19.2 Å². The zero-order chi connectivity index (χ0) is 42.8. The highest BCUT2D eigenvalue weighted by atomic mass is 35.5. The number of hydrogen-bond acceptors (Lipinski definition) is 11. The summed E-state index contributed by atoms with van der Waals surface area (Å²) in [6, 6.07) is 13.2. The minimum absolute atomic E-state index is 0.00794. The first-order chi connectivity index (χ1) is 28.7. The fraction of sp³-hybridized carbons (Fsp3) is 0.350. The van der Waals surface area contributed by atoms with E-state index >= 15 is 0 Å². The van der Waals surface area contributed by atoms with E-state index in [0.717, 1.165) is 12.5 Å². The van der Waals surface area contributed by atoms with Crippen LogP contribution < -0.4 is 15.5 Å². The number of pyridine rings is 2. The summed E-state index contributed by atoms with van der Waals surface area (Å²) >= 11 is 6.19. The second-order valence-electron chi connectivity index (χ2n) is 14.6. The molecule has 2 saturated heterocycles. The summed E-state index contributed by atoms with van der Waals surface area (Å²) in [7, 11) is -5.94. The highest BCUT2D eigenvalue weighted by Crippen LogP contribution is 2.40. The number of rotatable bonds is 13. The molecule has 4 aromatic rings. The van der Waals surface area contributed by atoms with Gasteiger partial charge in [0.25, 0.3) is 0 Å². The van der Waals surface area contributed by atoms with Crippen LogP contribution in [0.25, 0.3) is 21.5 Å². The number of anilines is 1. The smallest absolute Gasteiger partial charge is 0.244 e. The second kappa shape index (κ2) is 17.6. The van der Waals surface area contributed by atoms with Crippen LogP contribution in [0.4, 0.5) is 5.82 Å². The number of sulfonamides is 2. The van der Waals surface area contributed by atoms with E-state index in [1.165, 1.54) is 36.7 Å². The third-order valence-electron chi connectivity index (χ3n) is 11.0. The van der Waals surface area contributed by atoms with Gasteiger partial charge in [0.2, 0.25) is 43.7 Å². The van der Waals surface area contributed by atoms with E-state index in [1.807, 2.05) is 18.0 Å². The summed E-state index contributed by atoms with van der Waals surface area (Å²) in [5.41, 5.74) is 0. The van der Waals surface area contributed by atoms with Crippen molar-refractivity contribution in [1.82, 2.24) is 39.0 Å². The molecule has 1 aliphatic carbocycles. The minimum Gasteiger partial charge on any atom is -0.356 e. The van der Waals surface area contributed by atoms with Crippen molar-refractivity contribution in [3.8, 4) is 0 Å². The second-order valence-corrected chi connectivity index (χ2v) is 18.8. The van der Waals surface area contributed by atoms with Gasteiger partial charge >= 0.3 is 0 Å². The molecule has 2 aromatic carbocycles. The van der Waals surface area contributed by atoms with Crippen LogP contribution in [0, 0.1) is 5.92 Å². The molecule has 4 amide bonds. The summed E-state index contributed by atoms with van der Waals surface area (Å²) in [5.74, 6) is -0.943. The molecular weight excluding hydrogens is 834 g/mol. The number of nitrogens with zero attached hydrogens (tertiary/aromatic N) is 7. The number of carbonyl (C=O) groups is 4. The first-order valence-corrected chi connectivity index (χ1v) is 22.5. The number of halogens is 1. The number of hydrogen-bond donors (Lipinski definition) is 2. The van der Waals surface area contributed by atoms with Crippen LogP contribution in [0.3, 0.4) is 0 Å². The fourth-order valence-corrected chi connectivity index (χ4v) is 11.0. The molecule has 2 aromatic heterocycles. The van der Waals surface area contributed by atoms with Crippen molar-refractivity contribution in [3.05, 3.63) is 90.9 Å². The Kier molecular flexibility index (Phi) is 12.5. The maximum absolute atomic E-state index is 13.9. The zero-order valence-corrected chi connectivity index (χ0v) is 35.1. The van der Waals surface area contributed by atoms with Gasteiger partial charge in [0.15, 0.2) is 0 Å². The van der Waals surface area contributed by atoms with Crippen molar-refractivity contribution in [3.63, 3.8) is 0 Å². The van der Waals surface area contributed by atoms with Crippen LogP contribution >= 0.6 is 11.6 Å². The molecular formula is C40H44ClN9O8S2. The van der Waals surface area contributed by atoms with Crippen LogP contribution in [-0.2, 0) is 39.2 Å². The SMILES string of the molecule is C=CC(=O)NCC(=O)N1CCN(S(=O)(=O)c2cccc3c(N(C)C4CC4/C=C/C(=O)NCC(=O)N4CCN(S(=O)(=O)c5cccc6c(Cl)nccc56)CC4)nccc23)CC1. The molecule has 2 N–H and O–H groups in total. The number of benzene rings is 2. The lowest BCUT2D eigenvalue weighted by Gasteiger charge is -2.34. The van der Waals surface area contributed by atoms with E-state index in [4.69, 9.17) is 11.6 Å². The van der Waals surface area contributed by atoms with Crippen molar-refractivity contribution in [1.29, 1.82) is 0 Å². The number of piperazine rings is 2. The molecule has 4 heterocycles. The Bertz CT molecular complexity index is 2610. The Morgan fingerprint density at radius 3 is 1.78 bits per heavy atom. The molecule has 1 saturated carbocycles. The molecule has 2 atom stereocenters. The minimum atomic E-state index is -3.94. The van der Waals surface area contributed by atoms with E-state index in [9.17, 15) is 36.0 Å². The van der Waals surface area contributed by atoms with E-state index in [-0.39, 0.29) is 104 Å². The molecule has 0 spiro atoms. The monoisotopic (exact) mass is 877 g/mol. The number of aromatic nitrogens is 2. The van der Waals surface area contributed by atoms with Gasteiger partial charge in [0, 0.05) is 99.4 Å². The average molecular weight is 878 g/mol. The fourth-order valence-electron chi connectivity index (χ4n) is 7.57. The van der Waals surface area contributed by atoms with Gasteiger partial charge in [-0.15, -0.1) is 0 Å². The van der Waals surface area contributed by atoms with Gasteiger partial charge in [-0.25, -0.2) is 26.8 Å². The lowest BCUT2D eigenvalue weighted by atomic mass is 10.1. The number of nitrogens with one attached hydrogen (secondary N) is 2. The maximum atomic E-state index is 13.9. The quantitative estimate of drug-likeness (QED) is 0.146. The van der Waals surface area contributed by atoms with Crippen LogP contribution in [0.15, 0.2) is 95.5 Å². The molecule has 0 radical (unpaired) electrons. The van der Waals surface area contributed by atoms with E-state index in [2.05, 4.69) is 27.2 Å². The summed E-state index contributed by atoms with van der Waals surface area (Å²) in [4.78, 5) is 63.6. The zero-order valence-electron chi connectivity index (χ0n) is 32.7. The van der Waals surface area contributed by atoms with Gasteiger partial charge in [-0.05, 0) is 48.8 Å². The molecule has 3 aliphatic rings. The molecule has 60 heavy (non-hydrogen) atoms. The number of amides is 4. The highest BCUT2D eigenvalue weighted by Gasteiger charge is 2.40. The third kappa shape index (κ3) is 8.85. The van der Waals surface area contributed by atoms with Gasteiger partial charge in [-0.1, -0.05) is 48.5 Å². The van der Waals surface area contributed by atoms with Crippen molar-refractivity contribution in [2.75, 3.05) is 77.4 Å². The summed E-state index contributed by atoms with van der Waals surface area (Å²) < 4.78 is 57.6. The first-order valence-electron chi connectivity index (χ1n) is 19.3. The lowest BCUT2D eigenvalue weighted by Crippen LogP contribution is -2.52. The van der Waals surface area contributed by atoms with Crippen molar-refractivity contribution in [2.45, 2.75) is 22.3 Å². The van der Waals surface area contributed by atoms with Gasteiger partial charge in [-0.2, -0.15) is 8.61 Å². The molecule has 17 nitrogen and oxygen atoms in total. The molecule has 2 unspecified atom stereocenters. The van der Waals surface area contributed by atoms with Crippen LogP contribution in [-0.4, -0.2) is 147 Å². The summed E-state index contributed by atoms with van der Waals surface area (Å²) in [6.07, 6.45) is 8.00. The Balaban J connectivity index is 0.900. The Morgan fingerprint density at radius 1 is 0.733 bits per heavy atom. The Hall–Kier alpha value is -5.47. The Labute approximate surface area is 352 Å². The van der Waals surface area contributed by atoms with Gasteiger partial charge in [0.1, 0.15) is 11.0 Å². The average Bonchev–Trinajstić information content (AvgIpc) is 4.05. The highest BCUT2D eigenvalue weighted by molar-refractivity contribution is 7.89. The molecule has 7 rings (SSSR count). The van der Waals surface area contributed by atoms with Gasteiger partial charge < -0.3 is 25.3 Å². The summed E-state index contributed by atoms with van der Waals surface area (Å²) in [5, 5.41) is 7.44. The first kappa shape index (κ1) is 42.6. The number of fused-ring (bicyclic) bond motifs is 2. The van der Waals surface area contributed by atoms with E-state index in [0.29, 0.717) is 27.4 Å². The normalized spacial score (nSPS) is 19.0. The van der Waals surface area contributed by atoms with Crippen LogP contribution in [0.2, 0.25) is 5.15 Å². The number of carbonyl (C=O) groups excluding carboxylic acids is 4. The standard InChI is InChI=1S/C40H44ClN9O8S2/c1-3-35(51)44-25-37(53)47-16-22-50(23-17-47)60(57,58)34-9-5-7-31-29(34)13-15-43-40(31)46(2)32-24-27(32)10-11-36(52)45-26-38(54)48-18-20-49(21-19-48)59(55,56)33-8-4-6-30-28(33)12-14-42-39(30)41/h3-15,27,32H,1,16-26H2,2H3,(H,44,51)(H,45,52)/b11-10+. The lowest BCUT2D eigenvalue weighted by molar-refractivity contribution is -0.133. The Morgan fingerprint density at radius 2 is 1.23 bits per heavy atom. The molecule has 0 bridgehead atoms. The largest absolute Gasteiger partial charge is 0.356 e. The van der Waals surface area contributed by atoms with Crippen molar-refractivity contribution in [2.24, 2.45) is 5.92 Å². The predicted octanol–water partition coefficient (Wildman–Crippen LogP) is 1.60. The molecule has 316 valence electrons. The van der Waals surface area contributed by atoms with Gasteiger partial charge in [0.05, 0.1) is 22.9 Å². The molecule has 2 aliphatic heterocycles. The van der Waals surface area contributed by atoms with Crippen molar-refractivity contribution < 1.29 is 36.0 Å². The maximum Gasteiger partial charge on any atom is 0.244 e. The predicted molar refractivity (Wildman–Crippen MR) is 225 cm³/mol. The van der Waals surface area contributed by atoms with E-state index < -0.39 is 31.9 Å².